The molecule has 0 bridgehead atoms. The first kappa shape index (κ1) is 17.8. The molecule has 0 fully saturated rings. The van der Waals surface area contributed by atoms with Crippen LogP contribution in [0.3, 0.4) is 0 Å². The lowest BCUT2D eigenvalue weighted by atomic mass is 10.0. The average molecular weight is 382 g/mol. The molecule has 0 radical (unpaired) electrons. The van der Waals surface area contributed by atoms with Gasteiger partial charge in [0.2, 0.25) is 0 Å². The molecule has 3 heterocycles. The molecular formula is C20H22N4O2S. The van der Waals surface area contributed by atoms with Crippen molar-refractivity contribution in [3.63, 3.8) is 0 Å². The molecule has 27 heavy (non-hydrogen) atoms. The van der Waals surface area contributed by atoms with E-state index in [1.807, 2.05) is 24.3 Å². The summed E-state index contributed by atoms with van der Waals surface area (Å²) in [6.07, 6.45) is 0.929. The molecule has 0 saturated carbocycles. The lowest BCUT2D eigenvalue weighted by Crippen LogP contribution is -2.27. The van der Waals surface area contributed by atoms with Crippen LogP contribution in [0.25, 0.3) is 10.2 Å². The molecule has 0 aliphatic carbocycles. The van der Waals surface area contributed by atoms with Gasteiger partial charge in [-0.15, -0.1) is 11.3 Å². The minimum atomic E-state index is -0.165. The van der Waals surface area contributed by atoms with Gasteiger partial charge in [-0.25, -0.2) is 4.98 Å². The zero-order chi connectivity index (χ0) is 19.0. The number of nitrogen functional groups attached to an aromatic ring is 1. The number of rotatable bonds is 4. The summed E-state index contributed by atoms with van der Waals surface area (Å²) >= 11 is 1.37. The molecule has 0 spiro atoms. The molecule has 3 N–H and O–H groups in total. The van der Waals surface area contributed by atoms with E-state index in [1.165, 1.54) is 16.9 Å². The fraction of sp³-hybridized carbons (Fsp3) is 0.300. The maximum Gasteiger partial charge on any atom is 0.263 e. The highest BCUT2D eigenvalue weighted by Crippen LogP contribution is 2.34. The number of carbonyl (C=O) groups is 1. The number of nitrogens with one attached hydrogen (secondary N) is 1. The number of methoxy groups -OCH3 is 1. The van der Waals surface area contributed by atoms with Gasteiger partial charge in [0.05, 0.1) is 12.8 Å². The van der Waals surface area contributed by atoms with Gasteiger partial charge in [0.25, 0.3) is 5.91 Å². The van der Waals surface area contributed by atoms with Crippen LogP contribution >= 0.6 is 11.3 Å². The molecule has 0 atom stereocenters. The quantitative estimate of drug-likeness (QED) is 0.725. The monoisotopic (exact) mass is 382 g/mol. The predicted molar refractivity (Wildman–Crippen MR) is 108 cm³/mol. The minimum Gasteiger partial charge on any atom is -0.497 e. The standard InChI is InChI=1S/C20H22N4O2S/c1-24-8-7-16-13(11-24)9-15-17(21)18(27-20(15)23-16)19(25)22-10-12-3-5-14(26-2)6-4-12/h3-6,9H,7-8,10-11,21H2,1-2H3,(H,22,25). The van der Waals surface area contributed by atoms with E-state index < -0.39 is 0 Å². The van der Waals surface area contributed by atoms with Gasteiger partial charge in [-0.1, -0.05) is 12.1 Å². The number of benzene rings is 1. The molecule has 0 unspecified atom stereocenters. The van der Waals surface area contributed by atoms with E-state index in [1.54, 1.807) is 7.11 Å². The Morgan fingerprint density at radius 1 is 1.37 bits per heavy atom. The Labute approximate surface area is 162 Å². The number of pyridine rings is 1. The molecule has 3 aromatic rings. The summed E-state index contributed by atoms with van der Waals surface area (Å²) < 4.78 is 5.15. The largest absolute Gasteiger partial charge is 0.497 e. The highest BCUT2D eigenvalue weighted by molar-refractivity contribution is 7.21. The summed E-state index contributed by atoms with van der Waals surface area (Å²) in [5.41, 5.74) is 10.1. The molecule has 1 aliphatic rings. The van der Waals surface area contributed by atoms with Crippen molar-refractivity contribution in [2.45, 2.75) is 19.5 Å². The lowest BCUT2D eigenvalue weighted by Gasteiger charge is -2.24. The fourth-order valence-electron chi connectivity index (χ4n) is 3.31. The van der Waals surface area contributed by atoms with Crippen molar-refractivity contribution >= 4 is 33.1 Å². The second-order valence-corrected chi connectivity index (χ2v) is 7.81. The SMILES string of the molecule is COc1ccc(CNC(=O)c2sc3nc4c(cc3c2N)CN(C)CC4)cc1. The summed E-state index contributed by atoms with van der Waals surface area (Å²) in [6, 6.07) is 9.71. The van der Waals surface area contributed by atoms with Crippen LogP contribution in [0.5, 0.6) is 5.75 Å². The van der Waals surface area contributed by atoms with Crippen molar-refractivity contribution in [3.8, 4) is 5.75 Å². The maximum atomic E-state index is 12.7. The average Bonchev–Trinajstić information content (AvgIpc) is 3.00. The number of fused-ring (bicyclic) bond motifs is 2. The third-order valence-electron chi connectivity index (χ3n) is 4.88. The van der Waals surface area contributed by atoms with Gasteiger partial charge in [-0.2, -0.15) is 0 Å². The molecule has 1 aromatic carbocycles. The van der Waals surface area contributed by atoms with Gasteiger partial charge >= 0.3 is 0 Å². The van der Waals surface area contributed by atoms with Crippen LogP contribution in [0.15, 0.2) is 30.3 Å². The molecule has 7 heteroatoms. The van der Waals surface area contributed by atoms with Gasteiger partial charge in [-0.3, -0.25) is 4.79 Å². The Kier molecular flexibility index (Phi) is 4.72. The van der Waals surface area contributed by atoms with Crippen LogP contribution in [0, 0.1) is 0 Å². The number of amides is 1. The van der Waals surface area contributed by atoms with Gasteiger partial charge in [0.1, 0.15) is 15.5 Å². The number of ether oxygens (including phenoxy) is 1. The van der Waals surface area contributed by atoms with Crippen molar-refractivity contribution in [2.75, 3.05) is 26.4 Å². The van der Waals surface area contributed by atoms with E-state index in [0.29, 0.717) is 17.1 Å². The second kappa shape index (κ2) is 7.17. The van der Waals surface area contributed by atoms with Crippen molar-refractivity contribution in [3.05, 3.63) is 52.0 Å². The highest BCUT2D eigenvalue weighted by Gasteiger charge is 2.21. The molecule has 1 amide bonds. The number of aromatic nitrogens is 1. The number of anilines is 1. The smallest absolute Gasteiger partial charge is 0.263 e. The Hall–Kier alpha value is -2.64. The number of nitrogens with two attached hydrogens (primary N) is 1. The van der Waals surface area contributed by atoms with E-state index >= 15 is 0 Å². The number of carbonyl (C=O) groups excluding carboxylic acids is 1. The van der Waals surface area contributed by atoms with Gasteiger partial charge in [0.15, 0.2) is 0 Å². The Morgan fingerprint density at radius 2 is 2.15 bits per heavy atom. The maximum absolute atomic E-state index is 12.7. The summed E-state index contributed by atoms with van der Waals surface area (Å²) in [5.74, 6) is 0.626. The van der Waals surface area contributed by atoms with Crippen molar-refractivity contribution in [1.29, 1.82) is 0 Å². The molecule has 0 saturated heterocycles. The first-order valence-electron chi connectivity index (χ1n) is 8.85. The normalized spacial score (nSPS) is 14.1. The Morgan fingerprint density at radius 3 is 2.89 bits per heavy atom. The number of nitrogens with zero attached hydrogens (tertiary/aromatic N) is 2. The summed E-state index contributed by atoms with van der Waals surface area (Å²) in [5, 5.41) is 3.82. The summed E-state index contributed by atoms with van der Waals surface area (Å²) in [4.78, 5) is 21.1. The van der Waals surface area contributed by atoms with E-state index in [2.05, 4.69) is 23.3 Å². The fourth-order valence-corrected chi connectivity index (χ4v) is 4.33. The topological polar surface area (TPSA) is 80.5 Å². The molecule has 4 rings (SSSR count). The molecule has 1 aliphatic heterocycles. The third-order valence-corrected chi connectivity index (χ3v) is 5.99. The second-order valence-electron chi connectivity index (χ2n) is 6.81. The predicted octanol–water partition coefficient (Wildman–Crippen LogP) is 2.81. The van der Waals surface area contributed by atoms with Crippen molar-refractivity contribution in [2.24, 2.45) is 0 Å². The summed E-state index contributed by atoms with van der Waals surface area (Å²) in [6.45, 7) is 2.30. The number of thiophene rings is 1. The first-order valence-corrected chi connectivity index (χ1v) is 9.67. The van der Waals surface area contributed by atoms with Crippen molar-refractivity contribution < 1.29 is 9.53 Å². The zero-order valence-corrected chi connectivity index (χ0v) is 16.2. The van der Waals surface area contributed by atoms with Crippen molar-refractivity contribution in [1.82, 2.24) is 15.2 Å². The lowest BCUT2D eigenvalue weighted by molar-refractivity contribution is 0.0956. The van der Waals surface area contributed by atoms with E-state index in [4.69, 9.17) is 15.5 Å². The van der Waals surface area contributed by atoms with Crippen LogP contribution < -0.4 is 15.8 Å². The molecule has 2 aromatic heterocycles. The first-order chi connectivity index (χ1) is 13.0. The molecular weight excluding hydrogens is 360 g/mol. The van der Waals surface area contributed by atoms with Gasteiger partial charge in [0, 0.05) is 37.1 Å². The van der Waals surface area contributed by atoms with Gasteiger partial charge in [-0.05, 0) is 36.4 Å². The van der Waals surface area contributed by atoms with Gasteiger partial charge < -0.3 is 20.7 Å². The van der Waals surface area contributed by atoms with Crippen LogP contribution in [-0.2, 0) is 19.5 Å². The van der Waals surface area contributed by atoms with Crippen LogP contribution in [0.4, 0.5) is 5.69 Å². The Bertz CT molecular complexity index is 997. The van der Waals surface area contributed by atoms with E-state index in [9.17, 15) is 4.79 Å². The number of likely N-dealkylation sites (N-methyl/N-ethyl adjacent to an activating group) is 1. The third kappa shape index (κ3) is 3.48. The zero-order valence-electron chi connectivity index (χ0n) is 15.4. The number of hydrogen-bond donors (Lipinski definition) is 2. The van der Waals surface area contributed by atoms with Crippen LogP contribution in [-0.4, -0.2) is 36.5 Å². The number of hydrogen-bond acceptors (Lipinski definition) is 6. The van der Waals surface area contributed by atoms with E-state index in [-0.39, 0.29) is 5.91 Å². The minimum absolute atomic E-state index is 0.165. The van der Waals surface area contributed by atoms with E-state index in [0.717, 1.165) is 46.7 Å². The van der Waals surface area contributed by atoms with Crippen LogP contribution in [0.1, 0.15) is 26.5 Å². The Balaban J connectivity index is 1.55. The highest BCUT2D eigenvalue weighted by atomic mass is 32.1. The molecule has 140 valence electrons. The summed E-state index contributed by atoms with van der Waals surface area (Å²) in [7, 11) is 3.73. The molecule has 6 nitrogen and oxygen atoms in total. The van der Waals surface area contributed by atoms with Crippen LogP contribution in [0.2, 0.25) is 0 Å².